The van der Waals surface area contributed by atoms with Gasteiger partial charge in [0.25, 0.3) is 5.91 Å². The minimum atomic E-state index is -0.319. The normalized spacial score (nSPS) is 10.4. The van der Waals surface area contributed by atoms with E-state index in [0.717, 1.165) is 12.0 Å². The number of benzene rings is 1. The number of halogens is 1. The lowest BCUT2D eigenvalue weighted by atomic mass is 10.2. The van der Waals surface area contributed by atoms with Crippen molar-refractivity contribution < 1.29 is 14.3 Å². The maximum Gasteiger partial charge on any atom is 0.264 e. The van der Waals surface area contributed by atoms with Crippen molar-refractivity contribution in [3.05, 3.63) is 44.6 Å². The molecule has 1 heterocycles. The first-order chi connectivity index (χ1) is 11.8. The van der Waals surface area contributed by atoms with Crippen molar-refractivity contribution in [3.8, 4) is 5.75 Å². The summed E-state index contributed by atoms with van der Waals surface area (Å²) >= 11 is 7.43. The molecule has 7 heteroatoms. The second-order valence-electron chi connectivity index (χ2n) is 5.62. The molecule has 0 spiro atoms. The number of likely N-dealkylation sites (N-methyl/N-ethyl adjacent to an activating group) is 1. The van der Waals surface area contributed by atoms with E-state index in [2.05, 4.69) is 12.2 Å². The van der Waals surface area contributed by atoms with Crippen LogP contribution in [-0.2, 0) is 11.2 Å². The van der Waals surface area contributed by atoms with Crippen LogP contribution < -0.4 is 10.1 Å². The Morgan fingerprint density at radius 1 is 1.32 bits per heavy atom. The van der Waals surface area contributed by atoms with E-state index in [1.54, 1.807) is 25.2 Å². The highest BCUT2D eigenvalue weighted by Crippen LogP contribution is 2.28. The quantitative estimate of drug-likeness (QED) is 0.824. The largest absolute Gasteiger partial charge is 0.495 e. The number of amides is 2. The highest BCUT2D eigenvalue weighted by molar-refractivity contribution is 7.14. The maximum absolute atomic E-state index is 12.5. The monoisotopic (exact) mass is 380 g/mol. The Bertz CT molecular complexity index is 789. The molecule has 0 saturated heterocycles. The zero-order chi connectivity index (χ0) is 18.6. The lowest BCUT2D eigenvalue weighted by Crippen LogP contribution is -2.34. The zero-order valence-corrected chi connectivity index (χ0v) is 16.3. The first-order valence-corrected chi connectivity index (χ1v) is 9.03. The number of hydrogen-bond donors (Lipinski definition) is 1. The molecule has 5 nitrogen and oxygen atoms in total. The molecule has 0 aliphatic carbocycles. The minimum Gasteiger partial charge on any atom is -0.495 e. The molecule has 2 rings (SSSR count). The van der Waals surface area contributed by atoms with Crippen molar-refractivity contribution in [1.29, 1.82) is 0 Å². The van der Waals surface area contributed by atoms with E-state index in [4.69, 9.17) is 16.3 Å². The van der Waals surface area contributed by atoms with Crippen molar-refractivity contribution >= 4 is 40.4 Å². The van der Waals surface area contributed by atoms with Crippen molar-refractivity contribution in [3.63, 3.8) is 0 Å². The summed E-state index contributed by atoms with van der Waals surface area (Å²) in [5.74, 6) is 0.0228. The summed E-state index contributed by atoms with van der Waals surface area (Å²) in [5, 5.41) is 3.22. The van der Waals surface area contributed by atoms with Crippen LogP contribution >= 0.6 is 22.9 Å². The van der Waals surface area contributed by atoms with Gasteiger partial charge in [0.15, 0.2) is 0 Å². The number of thiophene rings is 1. The molecule has 0 saturated carbocycles. The fourth-order valence-electron chi connectivity index (χ4n) is 2.42. The topological polar surface area (TPSA) is 58.6 Å². The lowest BCUT2D eigenvalue weighted by Gasteiger charge is -2.17. The molecule has 1 N–H and O–H groups in total. The van der Waals surface area contributed by atoms with Crippen LogP contribution in [-0.4, -0.2) is 37.4 Å². The van der Waals surface area contributed by atoms with Crippen LogP contribution in [0.15, 0.2) is 24.3 Å². The summed E-state index contributed by atoms with van der Waals surface area (Å²) in [7, 11) is 3.12. The molecule has 25 heavy (non-hydrogen) atoms. The van der Waals surface area contributed by atoms with Crippen LogP contribution in [0.4, 0.5) is 5.69 Å². The number of nitrogens with zero attached hydrogens (tertiary/aromatic N) is 1. The maximum atomic E-state index is 12.5. The van der Waals surface area contributed by atoms with Crippen LogP contribution in [0.2, 0.25) is 5.02 Å². The zero-order valence-electron chi connectivity index (χ0n) is 14.7. The van der Waals surface area contributed by atoms with E-state index in [9.17, 15) is 9.59 Å². The van der Waals surface area contributed by atoms with E-state index in [0.29, 0.717) is 21.3 Å². The average molecular weight is 381 g/mol. The van der Waals surface area contributed by atoms with Crippen molar-refractivity contribution in [2.45, 2.75) is 20.3 Å². The number of ether oxygens (including phenoxy) is 1. The van der Waals surface area contributed by atoms with Gasteiger partial charge in [-0.15, -0.1) is 11.3 Å². The summed E-state index contributed by atoms with van der Waals surface area (Å²) in [6.07, 6.45) is 0.891. The van der Waals surface area contributed by atoms with E-state index < -0.39 is 0 Å². The molecule has 0 atom stereocenters. The van der Waals surface area contributed by atoms with Gasteiger partial charge in [-0.2, -0.15) is 0 Å². The molecule has 2 aromatic rings. The van der Waals surface area contributed by atoms with E-state index in [1.165, 1.54) is 28.2 Å². The predicted molar refractivity (Wildman–Crippen MR) is 102 cm³/mol. The lowest BCUT2D eigenvalue weighted by molar-refractivity contribution is -0.116. The molecule has 134 valence electrons. The third-order valence-electron chi connectivity index (χ3n) is 3.72. The van der Waals surface area contributed by atoms with Gasteiger partial charge in [-0.1, -0.05) is 18.5 Å². The fourth-order valence-corrected chi connectivity index (χ4v) is 3.70. The number of aryl methyl sites for hydroxylation is 2. The molecule has 1 aromatic heterocycles. The Labute approximate surface area is 156 Å². The Morgan fingerprint density at radius 3 is 2.64 bits per heavy atom. The van der Waals surface area contributed by atoms with Crippen molar-refractivity contribution in [2.75, 3.05) is 26.0 Å². The number of nitrogens with one attached hydrogen (secondary N) is 1. The van der Waals surface area contributed by atoms with Crippen molar-refractivity contribution in [1.82, 2.24) is 4.90 Å². The Balaban J connectivity index is 2.04. The third-order valence-corrected chi connectivity index (χ3v) is 5.32. The number of carbonyl (C=O) groups excluding carboxylic acids is 2. The Morgan fingerprint density at radius 2 is 2.04 bits per heavy atom. The molecule has 2 amide bonds. The van der Waals surface area contributed by atoms with Gasteiger partial charge >= 0.3 is 0 Å². The number of methoxy groups -OCH3 is 1. The van der Waals surface area contributed by atoms with E-state index >= 15 is 0 Å². The third kappa shape index (κ3) is 4.74. The van der Waals surface area contributed by atoms with Gasteiger partial charge in [-0.25, -0.2) is 0 Å². The SMILES string of the molecule is CCc1sc(C(=O)N(C)CC(=O)Nc2cc(Cl)ccc2OC)cc1C. The van der Waals surface area contributed by atoms with Gasteiger partial charge in [-0.3, -0.25) is 9.59 Å². The first kappa shape index (κ1) is 19.3. The van der Waals surface area contributed by atoms with Crippen LogP contribution in [0.3, 0.4) is 0 Å². The van der Waals surface area contributed by atoms with Crippen LogP contribution in [0, 0.1) is 6.92 Å². The standard InChI is InChI=1S/C18H21ClN2O3S/c1-5-15-11(2)8-16(25-15)18(23)21(3)10-17(22)20-13-9-12(19)6-7-14(13)24-4/h6-9H,5,10H2,1-4H3,(H,20,22). The second-order valence-corrected chi connectivity index (χ2v) is 7.20. The summed E-state index contributed by atoms with van der Waals surface area (Å²) in [5.41, 5.74) is 1.58. The highest BCUT2D eigenvalue weighted by Gasteiger charge is 2.19. The first-order valence-electron chi connectivity index (χ1n) is 7.83. The fraction of sp³-hybridized carbons (Fsp3) is 0.333. The van der Waals surface area contributed by atoms with Gasteiger partial charge in [0, 0.05) is 16.9 Å². The molecular formula is C18H21ClN2O3S. The van der Waals surface area contributed by atoms with Crippen molar-refractivity contribution in [2.24, 2.45) is 0 Å². The predicted octanol–water partition coefficient (Wildman–Crippen LogP) is 3.99. The van der Waals surface area contributed by atoms with E-state index in [1.807, 2.05) is 13.0 Å². The molecule has 0 bridgehead atoms. The second kappa shape index (κ2) is 8.36. The summed E-state index contributed by atoms with van der Waals surface area (Å²) in [4.78, 5) is 28.0. The summed E-state index contributed by atoms with van der Waals surface area (Å²) < 4.78 is 5.20. The summed E-state index contributed by atoms with van der Waals surface area (Å²) in [6, 6.07) is 6.83. The molecule has 0 fully saturated rings. The van der Waals surface area contributed by atoms with Gasteiger partial charge in [0.2, 0.25) is 5.91 Å². The summed E-state index contributed by atoms with van der Waals surface area (Å²) in [6.45, 7) is 3.99. The number of hydrogen-bond acceptors (Lipinski definition) is 4. The van der Waals surface area contributed by atoms with Gasteiger partial charge in [0.1, 0.15) is 5.75 Å². The van der Waals surface area contributed by atoms with Gasteiger partial charge in [0.05, 0.1) is 24.2 Å². The van der Waals surface area contributed by atoms with Crippen LogP contribution in [0.5, 0.6) is 5.75 Å². The van der Waals surface area contributed by atoms with Crippen LogP contribution in [0.25, 0.3) is 0 Å². The van der Waals surface area contributed by atoms with E-state index in [-0.39, 0.29) is 18.4 Å². The van der Waals surface area contributed by atoms with Gasteiger partial charge in [-0.05, 0) is 43.2 Å². The molecular weight excluding hydrogens is 360 g/mol. The Kier molecular flexibility index (Phi) is 6.45. The average Bonchev–Trinajstić information content (AvgIpc) is 2.95. The highest BCUT2D eigenvalue weighted by atomic mass is 35.5. The number of rotatable bonds is 6. The Hall–Kier alpha value is -2.05. The molecule has 0 aliphatic rings. The molecule has 0 unspecified atom stereocenters. The minimum absolute atomic E-state index is 0.0626. The van der Waals surface area contributed by atoms with Crippen LogP contribution in [0.1, 0.15) is 27.0 Å². The number of anilines is 1. The van der Waals surface area contributed by atoms with Gasteiger partial charge < -0.3 is 15.0 Å². The molecule has 1 aromatic carbocycles. The number of carbonyl (C=O) groups is 2. The molecule has 0 aliphatic heterocycles. The molecule has 0 radical (unpaired) electrons. The smallest absolute Gasteiger partial charge is 0.264 e.